The summed E-state index contributed by atoms with van der Waals surface area (Å²) in [6, 6.07) is 4.37. The van der Waals surface area contributed by atoms with Crippen LogP contribution >= 0.6 is 11.3 Å². The van der Waals surface area contributed by atoms with Gasteiger partial charge in [-0.05, 0) is 26.3 Å². The second kappa shape index (κ2) is 7.14. The fourth-order valence-electron chi connectivity index (χ4n) is 2.08. The molecule has 2 atom stereocenters. The van der Waals surface area contributed by atoms with Crippen LogP contribution in [0.3, 0.4) is 0 Å². The Morgan fingerprint density at radius 3 is 2.86 bits per heavy atom. The Morgan fingerprint density at radius 2 is 2.24 bits per heavy atom. The molecule has 0 bridgehead atoms. The molecule has 6 heteroatoms. The van der Waals surface area contributed by atoms with Gasteiger partial charge in [-0.2, -0.15) is 5.26 Å². The summed E-state index contributed by atoms with van der Waals surface area (Å²) in [6.07, 6.45) is 3.85. The predicted molar refractivity (Wildman–Crippen MR) is 84.3 cm³/mol. The molecule has 0 saturated carbocycles. The van der Waals surface area contributed by atoms with Crippen LogP contribution in [-0.2, 0) is 0 Å². The minimum absolute atomic E-state index is 0.313. The van der Waals surface area contributed by atoms with Gasteiger partial charge in [0.15, 0.2) is 0 Å². The van der Waals surface area contributed by atoms with Crippen LogP contribution in [0.15, 0.2) is 17.6 Å². The third kappa shape index (κ3) is 3.99. The third-order valence-electron chi connectivity index (χ3n) is 3.08. The monoisotopic (exact) mass is 301 g/mol. The van der Waals surface area contributed by atoms with E-state index in [4.69, 9.17) is 0 Å². The Kier molecular flexibility index (Phi) is 5.23. The minimum Gasteiger partial charge on any atom is -0.352 e. The number of nitriles is 1. The average Bonchev–Trinajstić information content (AvgIpc) is 2.87. The van der Waals surface area contributed by atoms with Crippen LogP contribution in [0, 0.1) is 18.3 Å². The summed E-state index contributed by atoms with van der Waals surface area (Å²) in [7, 11) is 0. The molecule has 0 saturated heterocycles. The second-order valence-electron chi connectivity index (χ2n) is 5.03. The molecular weight excluding hydrogens is 282 g/mol. The standard InChI is InChI=1S/C15H19N5S/c1-4-5-10(2)19-15-17-7-6-13(20-15)12(8-16)14-18-11(3)9-21-14/h6-7,9-10,12H,4-5H2,1-3H3,(H,17,19,20). The number of nitrogens with one attached hydrogen (secondary N) is 1. The van der Waals surface area contributed by atoms with Crippen molar-refractivity contribution in [2.24, 2.45) is 0 Å². The van der Waals surface area contributed by atoms with Crippen LogP contribution in [-0.4, -0.2) is 21.0 Å². The molecule has 2 aromatic heterocycles. The smallest absolute Gasteiger partial charge is 0.223 e. The highest BCUT2D eigenvalue weighted by atomic mass is 32.1. The van der Waals surface area contributed by atoms with Crippen molar-refractivity contribution < 1.29 is 0 Å². The van der Waals surface area contributed by atoms with Crippen molar-refractivity contribution in [2.75, 3.05) is 5.32 Å². The van der Waals surface area contributed by atoms with Gasteiger partial charge in [0, 0.05) is 23.3 Å². The lowest BCUT2D eigenvalue weighted by Gasteiger charge is -2.13. The van der Waals surface area contributed by atoms with Crippen molar-refractivity contribution in [3.05, 3.63) is 34.0 Å². The number of rotatable bonds is 6. The summed E-state index contributed by atoms with van der Waals surface area (Å²) in [6.45, 7) is 6.17. The van der Waals surface area contributed by atoms with E-state index < -0.39 is 5.92 Å². The Morgan fingerprint density at radius 1 is 1.43 bits per heavy atom. The second-order valence-corrected chi connectivity index (χ2v) is 5.92. The summed E-state index contributed by atoms with van der Waals surface area (Å²) in [4.78, 5) is 13.1. The third-order valence-corrected chi connectivity index (χ3v) is 4.11. The summed E-state index contributed by atoms with van der Waals surface area (Å²) in [5.41, 5.74) is 1.62. The number of nitrogens with zero attached hydrogens (tertiary/aromatic N) is 4. The van der Waals surface area contributed by atoms with Gasteiger partial charge < -0.3 is 5.32 Å². The van der Waals surface area contributed by atoms with Crippen LogP contribution < -0.4 is 5.32 Å². The highest BCUT2D eigenvalue weighted by molar-refractivity contribution is 7.09. The van der Waals surface area contributed by atoms with Gasteiger partial charge in [0.25, 0.3) is 0 Å². The van der Waals surface area contributed by atoms with E-state index in [0.717, 1.165) is 23.5 Å². The maximum Gasteiger partial charge on any atom is 0.223 e. The highest BCUT2D eigenvalue weighted by Crippen LogP contribution is 2.25. The molecule has 5 nitrogen and oxygen atoms in total. The average molecular weight is 301 g/mol. The molecule has 2 unspecified atom stereocenters. The minimum atomic E-state index is -0.436. The van der Waals surface area contributed by atoms with Crippen molar-refractivity contribution in [3.8, 4) is 6.07 Å². The normalized spacial score (nSPS) is 13.4. The number of hydrogen-bond donors (Lipinski definition) is 1. The van der Waals surface area contributed by atoms with Crippen LogP contribution in [0.4, 0.5) is 5.95 Å². The molecule has 0 aromatic carbocycles. The van der Waals surface area contributed by atoms with Gasteiger partial charge in [0.05, 0.1) is 11.8 Å². The molecule has 1 N–H and O–H groups in total. The van der Waals surface area contributed by atoms with Crippen LogP contribution in [0.5, 0.6) is 0 Å². The topological polar surface area (TPSA) is 74.5 Å². The van der Waals surface area contributed by atoms with Crippen molar-refractivity contribution in [1.29, 1.82) is 5.26 Å². The van der Waals surface area contributed by atoms with E-state index in [1.54, 1.807) is 12.3 Å². The first kappa shape index (κ1) is 15.4. The number of aryl methyl sites for hydroxylation is 1. The lowest BCUT2D eigenvalue weighted by atomic mass is 10.1. The van der Waals surface area contributed by atoms with Crippen molar-refractivity contribution in [3.63, 3.8) is 0 Å². The first-order valence-electron chi connectivity index (χ1n) is 7.05. The van der Waals surface area contributed by atoms with E-state index in [2.05, 4.69) is 40.2 Å². The quantitative estimate of drug-likeness (QED) is 0.884. The molecule has 0 aliphatic heterocycles. The van der Waals surface area contributed by atoms with E-state index in [0.29, 0.717) is 17.7 Å². The lowest BCUT2D eigenvalue weighted by Crippen LogP contribution is -2.17. The van der Waals surface area contributed by atoms with Gasteiger partial charge in [0.2, 0.25) is 5.95 Å². The molecule has 0 amide bonds. The van der Waals surface area contributed by atoms with E-state index in [9.17, 15) is 5.26 Å². The largest absolute Gasteiger partial charge is 0.352 e. The summed E-state index contributed by atoms with van der Waals surface area (Å²) >= 11 is 1.49. The molecule has 0 fully saturated rings. The van der Waals surface area contributed by atoms with Crippen molar-refractivity contribution in [2.45, 2.75) is 45.6 Å². The predicted octanol–water partition coefficient (Wildman–Crippen LogP) is 3.50. The van der Waals surface area contributed by atoms with Crippen LogP contribution in [0.1, 0.15) is 49.0 Å². The lowest BCUT2D eigenvalue weighted by molar-refractivity contribution is 0.682. The zero-order chi connectivity index (χ0) is 15.2. The zero-order valence-electron chi connectivity index (χ0n) is 12.5. The number of aromatic nitrogens is 3. The first-order valence-corrected chi connectivity index (χ1v) is 7.93. The van der Waals surface area contributed by atoms with Crippen molar-refractivity contribution in [1.82, 2.24) is 15.0 Å². The van der Waals surface area contributed by atoms with E-state index >= 15 is 0 Å². The molecule has 0 spiro atoms. The van der Waals surface area contributed by atoms with Gasteiger partial charge in [-0.1, -0.05) is 13.3 Å². The Bertz CT molecular complexity index is 631. The summed E-state index contributed by atoms with van der Waals surface area (Å²) in [5, 5.41) is 15.4. The molecule has 2 aromatic rings. The number of anilines is 1. The van der Waals surface area contributed by atoms with Gasteiger partial charge in [-0.3, -0.25) is 0 Å². The van der Waals surface area contributed by atoms with Gasteiger partial charge in [-0.15, -0.1) is 11.3 Å². The first-order chi connectivity index (χ1) is 10.1. The Balaban J connectivity index is 2.21. The van der Waals surface area contributed by atoms with E-state index in [-0.39, 0.29) is 0 Å². The van der Waals surface area contributed by atoms with E-state index in [1.165, 1.54) is 11.3 Å². The fourth-order valence-corrected chi connectivity index (χ4v) is 2.93. The van der Waals surface area contributed by atoms with E-state index in [1.807, 2.05) is 12.3 Å². The molecule has 110 valence electrons. The maximum absolute atomic E-state index is 9.44. The molecule has 2 rings (SSSR count). The van der Waals surface area contributed by atoms with Gasteiger partial charge in [-0.25, -0.2) is 15.0 Å². The number of hydrogen-bond acceptors (Lipinski definition) is 6. The zero-order valence-corrected chi connectivity index (χ0v) is 13.3. The Labute approximate surface area is 129 Å². The number of thiazole rings is 1. The molecule has 0 radical (unpaired) electrons. The maximum atomic E-state index is 9.44. The van der Waals surface area contributed by atoms with Gasteiger partial charge >= 0.3 is 0 Å². The SMILES string of the molecule is CCCC(C)Nc1nccc(C(C#N)c2nc(C)cs2)n1. The summed E-state index contributed by atoms with van der Waals surface area (Å²) in [5.74, 6) is 0.135. The summed E-state index contributed by atoms with van der Waals surface area (Å²) < 4.78 is 0. The molecule has 0 aliphatic carbocycles. The molecular formula is C15H19N5S. The van der Waals surface area contributed by atoms with Crippen LogP contribution in [0.25, 0.3) is 0 Å². The highest BCUT2D eigenvalue weighted by Gasteiger charge is 2.19. The molecule has 21 heavy (non-hydrogen) atoms. The van der Waals surface area contributed by atoms with Crippen molar-refractivity contribution >= 4 is 17.3 Å². The van der Waals surface area contributed by atoms with Crippen LogP contribution in [0.2, 0.25) is 0 Å². The molecule has 0 aliphatic rings. The molecule has 2 heterocycles. The van der Waals surface area contributed by atoms with Gasteiger partial charge in [0.1, 0.15) is 10.9 Å². The Hall–Kier alpha value is -2.00. The fraction of sp³-hybridized carbons (Fsp3) is 0.467.